The van der Waals surface area contributed by atoms with E-state index in [2.05, 4.69) is 27.7 Å². The van der Waals surface area contributed by atoms with Crippen LogP contribution in [0, 0.1) is 5.92 Å². The van der Waals surface area contributed by atoms with Gasteiger partial charge in [-0.25, -0.2) is 0 Å². The van der Waals surface area contributed by atoms with Gasteiger partial charge in [-0.2, -0.15) is 0 Å². The normalized spacial score (nSPS) is 12.9. The van der Waals surface area contributed by atoms with Crippen LogP contribution in [0.25, 0.3) is 0 Å². The van der Waals surface area contributed by atoms with Crippen molar-refractivity contribution in [3.05, 3.63) is 0 Å². The van der Waals surface area contributed by atoms with E-state index in [1.165, 1.54) is 6.92 Å². The fraction of sp³-hybridized carbons (Fsp3) is 0.875. The molecule has 66 valence electrons. The Labute approximate surface area is 71.3 Å². The summed E-state index contributed by atoms with van der Waals surface area (Å²) in [6, 6.07) is 0. The van der Waals surface area contributed by atoms with Crippen LogP contribution in [0.4, 0.5) is 0 Å². The molecular formula is C8H18O2Si. The summed E-state index contributed by atoms with van der Waals surface area (Å²) in [6.07, 6.45) is 0. The minimum absolute atomic E-state index is 0.134. The summed E-state index contributed by atoms with van der Waals surface area (Å²) in [6.45, 7) is 10.1. The maximum Gasteiger partial charge on any atom is 0.288 e. The first-order chi connectivity index (χ1) is 4.86. The quantitative estimate of drug-likeness (QED) is 0.606. The highest BCUT2D eigenvalue weighted by Crippen LogP contribution is 2.32. The van der Waals surface area contributed by atoms with E-state index in [0.29, 0.717) is 5.92 Å². The van der Waals surface area contributed by atoms with Gasteiger partial charge in [0.2, 0.25) is 9.76 Å². The maximum atomic E-state index is 10.5. The molecule has 0 atom stereocenters. The molecule has 0 aromatic heterocycles. The summed E-state index contributed by atoms with van der Waals surface area (Å²) in [5.41, 5.74) is 0. The molecule has 0 fully saturated rings. The molecule has 0 N–H and O–H groups in total. The van der Waals surface area contributed by atoms with Crippen LogP contribution in [0.2, 0.25) is 5.04 Å². The number of hydrogen-bond acceptors (Lipinski definition) is 2. The Hall–Kier alpha value is -0.313. The highest BCUT2D eigenvalue weighted by molar-refractivity contribution is 6.34. The van der Waals surface area contributed by atoms with E-state index in [-0.39, 0.29) is 11.0 Å². The first-order valence-corrected chi connectivity index (χ1v) is 5.28. The smallest absolute Gasteiger partial charge is 0.288 e. The molecule has 0 radical (unpaired) electrons. The average Bonchev–Trinajstić information content (AvgIpc) is 1.84. The summed E-state index contributed by atoms with van der Waals surface area (Å²) in [7, 11) is -0.705. The Morgan fingerprint density at radius 2 is 1.91 bits per heavy atom. The Morgan fingerprint density at radius 1 is 1.45 bits per heavy atom. The monoisotopic (exact) mass is 174 g/mol. The first kappa shape index (κ1) is 10.7. The third-order valence-electron chi connectivity index (χ3n) is 2.21. The predicted molar refractivity (Wildman–Crippen MR) is 49.2 cm³/mol. The van der Waals surface area contributed by atoms with Gasteiger partial charge in [0.25, 0.3) is 5.97 Å². The molecule has 0 heterocycles. The summed E-state index contributed by atoms with van der Waals surface area (Å²) in [4.78, 5) is 10.5. The van der Waals surface area contributed by atoms with Gasteiger partial charge in [-0.3, -0.25) is 4.79 Å². The minimum Gasteiger partial charge on any atom is -0.525 e. The molecular weight excluding hydrogens is 156 g/mol. The van der Waals surface area contributed by atoms with Gasteiger partial charge in [0.15, 0.2) is 0 Å². The van der Waals surface area contributed by atoms with Crippen molar-refractivity contribution in [2.75, 3.05) is 0 Å². The second-order valence-electron chi connectivity index (χ2n) is 3.92. The zero-order valence-corrected chi connectivity index (χ0v) is 9.52. The highest BCUT2D eigenvalue weighted by Gasteiger charge is 2.24. The Morgan fingerprint density at radius 3 is 2.18 bits per heavy atom. The Balaban J connectivity index is 3.82. The standard InChI is InChI=1S/C8H18O2Si/c1-6(2)8(4,5)11-10-7(3)9/h6H,11H2,1-5H3. The van der Waals surface area contributed by atoms with Crippen LogP contribution in [-0.2, 0) is 9.22 Å². The van der Waals surface area contributed by atoms with E-state index < -0.39 is 9.76 Å². The van der Waals surface area contributed by atoms with Gasteiger partial charge in [0, 0.05) is 6.92 Å². The topological polar surface area (TPSA) is 26.3 Å². The van der Waals surface area contributed by atoms with E-state index in [1.54, 1.807) is 0 Å². The van der Waals surface area contributed by atoms with Crippen LogP contribution in [-0.4, -0.2) is 15.7 Å². The lowest BCUT2D eigenvalue weighted by atomic mass is 9.99. The number of carbonyl (C=O) groups excluding carboxylic acids is 1. The Kier molecular flexibility index (Phi) is 3.79. The molecule has 0 aliphatic carbocycles. The predicted octanol–water partition coefficient (Wildman–Crippen LogP) is 1.49. The second-order valence-corrected chi connectivity index (χ2v) is 6.32. The van der Waals surface area contributed by atoms with Gasteiger partial charge in [0.05, 0.1) is 0 Å². The van der Waals surface area contributed by atoms with Crippen LogP contribution in [0.15, 0.2) is 0 Å². The van der Waals surface area contributed by atoms with Gasteiger partial charge in [-0.05, 0) is 11.0 Å². The lowest BCUT2D eigenvalue weighted by molar-refractivity contribution is -0.132. The summed E-state index contributed by atoms with van der Waals surface area (Å²) < 4.78 is 5.07. The van der Waals surface area contributed by atoms with Crippen molar-refractivity contribution in [1.82, 2.24) is 0 Å². The van der Waals surface area contributed by atoms with Crippen molar-refractivity contribution in [1.29, 1.82) is 0 Å². The molecule has 0 amide bonds. The van der Waals surface area contributed by atoms with Crippen molar-refractivity contribution in [3.8, 4) is 0 Å². The summed E-state index contributed by atoms with van der Waals surface area (Å²) >= 11 is 0. The van der Waals surface area contributed by atoms with E-state index in [4.69, 9.17) is 4.43 Å². The fourth-order valence-electron chi connectivity index (χ4n) is 0.454. The number of hydrogen-bond donors (Lipinski definition) is 0. The largest absolute Gasteiger partial charge is 0.525 e. The van der Waals surface area contributed by atoms with Crippen LogP contribution in [0.5, 0.6) is 0 Å². The van der Waals surface area contributed by atoms with Gasteiger partial charge >= 0.3 is 0 Å². The maximum absolute atomic E-state index is 10.5. The number of rotatable bonds is 3. The van der Waals surface area contributed by atoms with Gasteiger partial charge in [0.1, 0.15) is 0 Å². The molecule has 0 saturated heterocycles. The molecule has 3 heteroatoms. The number of carbonyl (C=O) groups is 1. The zero-order chi connectivity index (χ0) is 9.07. The highest BCUT2D eigenvalue weighted by atomic mass is 28.2. The van der Waals surface area contributed by atoms with E-state index in [0.717, 1.165) is 0 Å². The third-order valence-corrected chi connectivity index (χ3v) is 4.32. The minimum atomic E-state index is -0.705. The zero-order valence-electron chi connectivity index (χ0n) is 8.10. The van der Waals surface area contributed by atoms with Gasteiger partial charge in [-0.15, -0.1) is 0 Å². The van der Waals surface area contributed by atoms with E-state index in [9.17, 15) is 4.79 Å². The SMILES string of the molecule is CC(=O)O[SiH2]C(C)(C)C(C)C. The van der Waals surface area contributed by atoms with Crippen molar-refractivity contribution < 1.29 is 9.22 Å². The molecule has 0 aromatic rings. The van der Waals surface area contributed by atoms with Crippen LogP contribution < -0.4 is 0 Å². The lowest BCUT2D eigenvalue weighted by Gasteiger charge is -2.27. The van der Waals surface area contributed by atoms with E-state index >= 15 is 0 Å². The van der Waals surface area contributed by atoms with Crippen molar-refractivity contribution in [2.24, 2.45) is 5.92 Å². The molecule has 0 bridgehead atoms. The molecule has 0 spiro atoms. The van der Waals surface area contributed by atoms with Gasteiger partial charge < -0.3 is 4.43 Å². The lowest BCUT2D eigenvalue weighted by Crippen LogP contribution is -2.23. The molecule has 0 unspecified atom stereocenters. The molecule has 2 nitrogen and oxygen atoms in total. The van der Waals surface area contributed by atoms with Crippen molar-refractivity contribution in [2.45, 2.75) is 39.7 Å². The second kappa shape index (κ2) is 3.90. The van der Waals surface area contributed by atoms with Crippen LogP contribution in [0.3, 0.4) is 0 Å². The van der Waals surface area contributed by atoms with E-state index in [1.807, 2.05) is 0 Å². The van der Waals surface area contributed by atoms with Crippen molar-refractivity contribution in [3.63, 3.8) is 0 Å². The average molecular weight is 174 g/mol. The van der Waals surface area contributed by atoms with Crippen molar-refractivity contribution >= 4 is 15.7 Å². The Bertz CT molecular complexity index is 141. The summed E-state index contributed by atoms with van der Waals surface area (Å²) in [5.74, 6) is 0.457. The van der Waals surface area contributed by atoms with Crippen LogP contribution >= 0.6 is 0 Å². The molecule has 0 saturated carbocycles. The molecule has 11 heavy (non-hydrogen) atoms. The first-order valence-electron chi connectivity index (χ1n) is 3.99. The molecule has 0 aliphatic heterocycles. The van der Waals surface area contributed by atoms with Crippen LogP contribution in [0.1, 0.15) is 34.6 Å². The fourth-order valence-corrected chi connectivity index (χ4v) is 1.36. The van der Waals surface area contributed by atoms with Gasteiger partial charge in [-0.1, -0.05) is 27.7 Å². The summed E-state index contributed by atoms with van der Waals surface area (Å²) in [5, 5.41) is 0.228. The molecule has 0 aliphatic rings. The third kappa shape index (κ3) is 4.19. The molecule has 0 rings (SSSR count). The molecule has 0 aromatic carbocycles.